The van der Waals surface area contributed by atoms with Crippen LogP contribution < -0.4 is 19.7 Å². The minimum absolute atomic E-state index is 0.0274. The Labute approximate surface area is 201 Å². The van der Waals surface area contributed by atoms with Gasteiger partial charge in [-0.25, -0.2) is 12.8 Å². The number of sulfonamides is 1. The molecule has 0 radical (unpaired) electrons. The fraction of sp³-hybridized carbons (Fsp3) is 0.458. The van der Waals surface area contributed by atoms with Crippen LogP contribution in [0, 0.1) is 5.82 Å². The number of methoxy groups -OCH3 is 1. The molecule has 3 rings (SSSR count). The lowest BCUT2D eigenvalue weighted by atomic mass is 10.0. The van der Waals surface area contributed by atoms with Gasteiger partial charge >= 0.3 is 0 Å². The SMILES string of the molecule is CCN1CCN(c2ccc(F)cc2C(C)NC(=O)[C@H](C)NS(=O)(=O)c2ccc(OC)cc2)CC1. The maximum Gasteiger partial charge on any atom is 0.241 e. The Kier molecular flexibility index (Phi) is 8.51. The standard InChI is InChI=1S/C24H33FN4O4S/c1-5-28-12-14-29(15-13-28)23-11-6-19(25)16-22(23)17(2)26-24(30)18(3)27-34(31,32)21-9-7-20(33-4)8-10-21/h6-11,16-18,27H,5,12-15H2,1-4H3,(H,26,30)/t17?,18-/m0/s1. The van der Waals surface area contributed by atoms with Crippen LogP contribution in [0.1, 0.15) is 32.4 Å². The molecule has 186 valence electrons. The summed E-state index contributed by atoms with van der Waals surface area (Å²) in [6.07, 6.45) is 0. The zero-order chi connectivity index (χ0) is 24.9. The number of ether oxygens (including phenoxy) is 1. The van der Waals surface area contributed by atoms with Crippen molar-refractivity contribution in [1.82, 2.24) is 14.9 Å². The molecule has 2 atom stereocenters. The van der Waals surface area contributed by atoms with Crippen molar-refractivity contribution in [3.05, 3.63) is 53.8 Å². The highest BCUT2D eigenvalue weighted by atomic mass is 32.2. The first-order chi connectivity index (χ1) is 16.1. The summed E-state index contributed by atoms with van der Waals surface area (Å²) in [5.41, 5.74) is 1.53. The molecular weight excluding hydrogens is 459 g/mol. The molecule has 2 N–H and O–H groups in total. The predicted octanol–water partition coefficient (Wildman–Crippen LogP) is 2.52. The van der Waals surface area contributed by atoms with Crippen molar-refractivity contribution in [3.8, 4) is 5.75 Å². The number of piperazine rings is 1. The molecule has 1 heterocycles. The van der Waals surface area contributed by atoms with Gasteiger partial charge in [0, 0.05) is 37.4 Å². The molecule has 0 spiro atoms. The molecule has 1 aliphatic rings. The van der Waals surface area contributed by atoms with Crippen molar-refractivity contribution in [2.24, 2.45) is 0 Å². The number of carbonyl (C=O) groups excluding carboxylic acids is 1. The number of likely N-dealkylation sites (N-methyl/N-ethyl adjacent to an activating group) is 1. The molecule has 1 aliphatic heterocycles. The number of halogens is 1. The first-order valence-corrected chi connectivity index (χ1v) is 12.9. The monoisotopic (exact) mass is 492 g/mol. The van der Waals surface area contributed by atoms with Crippen molar-refractivity contribution in [1.29, 1.82) is 0 Å². The lowest BCUT2D eigenvalue weighted by molar-refractivity contribution is -0.123. The van der Waals surface area contributed by atoms with E-state index in [-0.39, 0.29) is 10.7 Å². The van der Waals surface area contributed by atoms with E-state index in [4.69, 9.17) is 4.74 Å². The molecule has 2 aromatic rings. The zero-order valence-electron chi connectivity index (χ0n) is 20.0. The van der Waals surface area contributed by atoms with Gasteiger partial charge in [0.25, 0.3) is 0 Å². The zero-order valence-corrected chi connectivity index (χ0v) is 20.9. The van der Waals surface area contributed by atoms with Crippen LogP contribution in [0.25, 0.3) is 0 Å². The topological polar surface area (TPSA) is 91.0 Å². The number of rotatable bonds is 9. The van der Waals surface area contributed by atoms with Gasteiger partial charge in [0.15, 0.2) is 0 Å². The van der Waals surface area contributed by atoms with Gasteiger partial charge < -0.3 is 19.9 Å². The van der Waals surface area contributed by atoms with E-state index in [2.05, 4.69) is 26.8 Å². The van der Waals surface area contributed by atoms with Crippen LogP contribution in [-0.2, 0) is 14.8 Å². The van der Waals surface area contributed by atoms with Crippen molar-refractivity contribution < 1.29 is 22.3 Å². The van der Waals surface area contributed by atoms with E-state index in [1.807, 2.05) is 0 Å². The second kappa shape index (κ2) is 11.2. The second-order valence-electron chi connectivity index (χ2n) is 8.37. The maximum absolute atomic E-state index is 14.1. The van der Waals surface area contributed by atoms with Crippen LogP contribution in [0.3, 0.4) is 0 Å². The summed E-state index contributed by atoms with van der Waals surface area (Å²) in [5.74, 6) is -0.364. The molecule has 2 aromatic carbocycles. The summed E-state index contributed by atoms with van der Waals surface area (Å²) in [5, 5.41) is 2.83. The summed E-state index contributed by atoms with van der Waals surface area (Å²) in [6.45, 7) is 9.80. The van der Waals surface area contributed by atoms with Crippen LogP contribution in [0.2, 0.25) is 0 Å². The number of nitrogens with one attached hydrogen (secondary N) is 2. The number of carbonyl (C=O) groups is 1. The molecule has 1 amide bonds. The molecular formula is C24H33FN4O4S. The lowest BCUT2D eigenvalue weighted by Crippen LogP contribution is -2.47. The van der Waals surface area contributed by atoms with E-state index in [9.17, 15) is 17.6 Å². The van der Waals surface area contributed by atoms with Crippen LogP contribution in [0.15, 0.2) is 47.4 Å². The molecule has 0 aromatic heterocycles. The van der Waals surface area contributed by atoms with Gasteiger partial charge in [-0.15, -0.1) is 0 Å². The third-order valence-electron chi connectivity index (χ3n) is 6.07. The van der Waals surface area contributed by atoms with Gasteiger partial charge in [-0.05, 0) is 62.9 Å². The van der Waals surface area contributed by atoms with E-state index in [0.717, 1.165) is 38.4 Å². The summed E-state index contributed by atoms with van der Waals surface area (Å²) in [6, 6.07) is 8.93. The van der Waals surface area contributed by atoms with E-state index < -0.39 is 28.0 Å². The molecule has 10 heteroatoms. The molecule has 1 fully saturated rings. The normalized spacial score (nSPS) is 16.7. The Morgan fingerprint density at radius 3 is 2.32 bits per heavy atom. The van der Waals surface area contributed by atoms with Gasteiger partial charge in [0.1, 0.15) is 11.6 Å². The molecule has 1 saturated heterocycles. The fourth-order valence-corrected chi connectivity index (χ4v) is 5.19. The molecule has 8 nitrogen and oxygen atoms in total. The minimum atomic E-state index is -3.91. The first-order valence-electron chi connectivity index (χ1n) is 11.4. The Bertz CT molecular complexity index is 1090. The number of benzene rings is 2. The summed E-state index contributed by atoms with van der Waals surface area (Å²) < 4.78 is 46.9. The lowest BCUT2D eigenvalue weighted by Gasteiger charge is -2.37. The van der Waals surface area contributed by atoms with Crippen LogP contribution in [0.5, 0.6) is 5.75 Å². The third kappa shape index (κ3) is 6.25. The minimum Gasteiger partial charge on any atom is -0.497 e. The average Bonchev–Trinajstić information content (AvgIpc) is 2.83. The molecule has 0 aliphatic carbocycles. The maximum atomic E-state index is 14.1. The largest absolute Gasteiger partial charge is 0.497 e. The summed E-state index contributed by atoms with van der Waals surface area (Å²) >= 11 is 0. The van der Waals surface area contributed by atoms with E-state index in [1.54, 1.807) is 13.0 Å². The molecule has 1 unspecified atom stereocenters. The fourth-order valence-electron chi connectivity index (χ4n) is 3.99. The highest BCUT2D eigenvalue weighted by Crippen LogP contribution is 2.28. The number of anilines is 1. The van der Waals surface area contributed by atoms with E-state index in [1.165, 1.54) is 50.4 Å². The van der Waals surface area contributed by atoms with Crippen molar-refractivity contribution >= 4 is 21.6 Å². The van der Waals surface area contributed by atoms with Crippen molar-refractivity contribution in [3.63, 3.8) is 0 Å². The van der Waals surface area contributed by atoms with Crippen LogP contribution >= 0.6 is 0 Å². The smallest absolute Gasteiger partial charge is 0.241 e. The summed E-state index contributed by atoms with van der Waals surface area (Å²) in [4.78, 5) is 17.4. The van der Waals surface area contributed by atoms with Crippen molar-refractivity contribution in [2.75, 3.05) is 44.7 Å². The average molecular weight is 493 g/mol. The highest BCUT2D eigenvalue weighted by molar-refractivity contribution is 7.89. The molecule has 0 saturated carbocycles. The summed E-state index contributed by atoms with van der Waals surface area (Å²) in [7, 11) is -2.42. The highest BCUT2D eigenvalue weighted by Gasteiger charge is 2.26. The van der Waals surface area contributed by atoms with Gasteiger partial charge in [0.05, 0.1) is 24.1 Å². The Morgan fingerprint density at radius 2 is 1.74 bits per heavy atom. The number of hydrogen-bond acceptors (Lipinski definition) is 6. The van der Waals surface area contributed by atoms with Crippen LogP contribution in [0.4, 0.5) is 10.1 Å². The van der Waals surface area contributed by atoms with Crippen molar-refractivity contribution in [2.45, 2.75) is 37.8 Å². The number of amides is 1. The van der Waals surface area contributed by atoms with Gasteiger partial charge in [-0.3, -0.25) is 4.79 Å². The third-order valence-corrected chi connectivity index (χ3v) is 7.63. The molecule has 34 heavy (non-hydrogen) atoms. The predicted molar refractivity (Wildman–Crippen MR) is 130 cm³/mol. The number of hydrogen-bond donors (Lipinski definition) is 2. The van der Waals surface area contributed by atoms with Gasteiger partial charge in [-0.1, -0.05) is 6.92 Å². The van der Waals surface area contributed by atoms with Crippen LogP contribution in [-0.4, -0.2) is 65.1 Å². The Morgan fingerprint density at radius 1 is 1.09 bits per heavy atom. The second-order valence-corrected chi connectivity index (χ2v) is 10.1. The quantitative estimate of drug-likeness (QED) is 0.559. The number of nitrogens with zero attached hydrogens (tertiary/aromatic N) is 2. The van der Waals surface area contributed by atoms with Gasteiger partial charge in [0.2, 0.25) is 15.9 Å². The Hall–Kier alpha value is -2.69. The Balaban J connectivity index is 1.69. The van der Waals surface area contributed by atoms with E-state index in [0.29, 0.717) is 11.3 Å². The van der Waals surface area contributed by atoms with E-state index >= 15 is 0 Å². The molecule has 0 bridgehead atoms. The van der Waals surface area contributed by atoms with Gasteiger partial charge in [-0.2, -0.15) is 4.72 Å². The first kappa shape index (κ1) is 25.9.